The Morgan fingerprint density at radius 2 is 1.73 bits per heavy atom. The summed E-state index contributed by atoms with van der Waals surface area (Å²) in [6.07, 6.45) is 0.761. The Hall–Kier alpha value is -0.720. The molecule has 0 N–H and O–H groups in total. The van der Waals surface area contributed by atoms with Gasteiger partial charge in [0.2, 0.25) is 0 Å². The second kappa shape index (κ2) is 3.61. The number of ether oxygens (including phenoxy) is 1. The average Bonchev–Trinajstić information content (AvgIpc) is 1.53. The van der Waals surface area contributed by atoms with Crippen LogP contribution in [0.25, 0.3) is 0 Å². The first-order chi connectivity index (χ1) is 4.81. The van der Waals surface area contributed by atoms with Crippen molar-refractivity contribution in [2.75, 3.05) is 0 Å². The van der Waals surface area contributed by atoms with E-state index in [-0.39, 0.29) is 5.60 Å². The predicted molar refractivity (Wildman–Crippen MR) is 49.4 cm³/mol. The SMILES string of the molecule is C=C(C)CC(=C)OC(C)(C)C. The summed E-state index contributed by atoms with van der Waals surface area (Å²) in [5.74, 6) is 0.796. The lowest BCUT2D eigenvalue weighted by Gasteiger charge is -2.22. The monoisotopic (exact) mass is 154 g/mol. The van der Waals surface area contributed by atoms with E-state index in [0.29, 0.717) is 0 Å². The summed E-state index contributed by atoms with van der Waals surface area (Å²) in [5, 5.41) is 0. The Balaban J connectivity index is 3.80. The molecule has 0 aromatic heterocycles. The molecule has 0 fully saturated rings. The molecule has 0 aromatic carbocycles. The highest BCUT2D eigenvalue weighted by molar-refractivity contribution is 5.02. The molecule has 0 heterocycles. The van der Waals surface area contributed by atoms with Crippen molar-refractivity contribution in [2.24, 2.45) is 0 Å². The van der Waals surface area contributed by atoms with Crippen LogP contribution in [0.15, 0.2) is 24.5 Å². The van der Waals surface area contributed by atoms with Crippen LogP contribution in [-0.2, 0) is 4.74 Å². The molecule has 1 nitrogen and oxygen atoms in total. The molecule has 0 aliphatic heterocycles. The van der Waals surface area contributed by atoms with Crippen molar-refractivity contribution in [2.45, 2.75) is 39.7 Å². The van der Waals surface area contributed by atoms with Crippen LogP contribution in [-0.4, -0.2) is 5.60 Å². The lowest BCUT2D eigenvalue weighted by molar-refractivity contribution is 0.0501. The molecule has 0 aliphatic rings. The van der Waals surface area contributed by atoms with E-state index in [9.17, 15) is 0 Å². The zero-order valence-electron chi connectivity index (χ0n) is 8.03. The van der Waals surface area contributed by atoms with Gasteiger partial charge in [-0.3, -0.25) is 0 Å². The predicted octanol–water partition coefficient (Wildman–Crippen LogP) is 3.28. The Labute approximate surface area is 69.8 Å². The van der Waals surface area contributed by atoms with Crippen molar-refractivity contribution in [1.29, 1.82) is 0 Å². The van der Waals surface area contributed by atoms with Gasteiger partial charge in [-0.25, -0.2) is 0 Å². The second-order valence-corrected chi connectivity index (χ2v) is 3.89. The van der Waals surface area contributed by atoms with Gasteiger partial charge in [0.05, 0.1) is 5.76 Å². The molecule has 0 bridgehead atoms. The lowest BCUT2D eigenvalue weighted by atomic mass is 10.1. The van der Waals surface area contributed by atoms with Crippen molar-refractivity contribution >= 4 is 0 Å². The summed E-state index contributed by atoms with van der Waals surface area (Å²) < 4.78 is 5.49. The van der Waals surface area contributed by atoms with Gasteiger partial charge in [-0.05, 0) is 27.7 Å². The Kier molecular flexibility index (Phi) is 3.37. The van der Waals surface area contributed by atoms with Gasteiger partial charge in [0.25, 0.3) is 0 Å². The molecule has 1 heteroatoms. The van der Waals surface area contributed by atoms with E-state index in [1.807, 2.05) is 27.7 Å². The molecule has 0 radical (unpaired) electrons. The summed E-state index contributed by atoms with van der Waals surface area (Å²) in [7, 11) is 0. The fraction of sp³-hybridized carbons (Fsp3) is 0.600. The number of hydrogen-bond donors (Lipinski definition) is 0. The fourth-order valence-electron chi connectivity index (χ4n) is 0.806. The van der Waals surface area contributed by atoms with Gasteiger partial charge in [0.1, 0.15) is 5.60 Å². The number of rotatable bonds is 3. The number of allylic oxidation sites excluding steroid dienone is 1. The Morgan fingerprint density at radius 3 is 2.00 bits per heavy atom. The van der Waals surface area contributed by atoms with E-state index in [2.05, 4.69) is 13.2 Å². The minimum Gasteiger partial charge on any atom is -0.493 e. The molecule has 11 heavy (non-hydrogen) atoms. The van der Waals surface area contributed by atoms with Gasteiger partial charge >= 0.3 is 0 Å². The third kappa shape index (κ3) is 7.17. The minimum absolute atomic E-state index is 0.132. The maximum atomic E-state index is 5.49. The van der Waals surface area contributed by atoms with Crippen LogP contribution in [0.2, 0.25) is 0 Å². The topological polar surface area (TPSA) is 9.23 Å². The van der Waals surface area contributed by atoms with Crippen molar-refractivity contribution in [1.82, 2.24) is 0 Å². The molecule has 64 valence electrons. The minimum atomic E-state index is -0.132. The molecule has 0 saturated carbocycles. The first-order valence-corrected chi connectivity index (χ1v) is 3.82. The van der Waals surface area contributed by atoms with Gasteiger partial charge in [-0.15, -0.1) is 0 Å². The molecule has 0 atom stereocenters. The largest absolute Gasteiger partial charge is 0.493 e. The van der Waals surface area contributed by atoms with Crippen molar-refractivity contribution in [3.8, 4) is 0 Å². The van der Waals surface area contributed by atoms with Crippen molar-refractivity contribution in [3.05, 3.63) is 24.5 Å². The summed E-state index contributed by atoms with van der Waals surface area (Å²) in [5.41, 5.74) is 0.950. The highest BCUT2D eigenvalue weighted by Gasteiger charge is 2.11. The normalized spacial score (nSPS) is 10.9. The molecule has 0 aliphatic carbocycles. The maximum absolute atomic E-state index is 5.49. The van der Waals surface area contributed by atoms with Gasteiger partial charge in [-0.2, -0.15) is 0 Å². The van der Waals surface area contributed by atoms with Crippen LogP contribution in [0, 0.1) is 0 Å². The van der Waals surface area contributed by atoms with Crippen LogP contribution in [0.3, 0.4) is 0 Å². The molecular formula is C10H18O. The molecular weight excluding hydrogens is 136 g/mol. The van der Waals surface area contributed by atoms with Crippen LogP contribution >= 0.6 is 0 Å². The molecule has 0 spiro atoms. The zero-order valence-corrected chi connectivity index (χ0v) is 8.03. The summed E-state index contributed by atoms with van der Waals surface area (Å²) in [6.45, 7) is 15.6. The second-order valence-electron chi connectivity index (χ2n) is 3.89. The maximum Gasteiger partial charge on any atom is 0.100 e. The fourth-order valence-corrected chi connectivity index (χ4v) is 0.806. The molecule has 0 amide bonds. The molecule has 0 aromatic rings. The third-order valence-corrected chi connectivity index (χ3v) is 0.949. The van der Waals surface area contributed by atoms with E-state index >= 15 is 0 Å². The number of hydrogen-bond acceptors (Lipinski definition) is 1. The van der Waals surface area contributed by atoms with E-state index in [1.54, 1.807) is 0 Å². The van der Waals surface area contributed by atoms with E-state index in [0.717, 1.165) is 17.8 Å². The highest BCUT2D eigenvalue weighted by Crippen LogP contribution is 2.16. The van der Waals surface area contributed by atoms with Crippen LogP contribution in [0.1, 0.15) is 34.1 Å². The van der Waals surface area contributed by atoms with Crippen molar-refractivity contribution in [3.63, 3.8) is 0 Å². The van der Waals surface area contributed by atoms with Crippen molar-refractivity contribution < 1.29 is 4.74 Å². The van der Waals surface area contributed by atoms with E-state index in [1.165, 1.54) is 0 Å². The van der Waals surface area contributed by atoms with Crippen LogP contribution in [0.5, 0.6) is 0 Å². The van der Waals surface area contributed by atoms with Gasteiger partial charge < -0.3 is 4.74 Å². The van der Waals surface area contributed by atoms with Gasteiger partial charge in [0.15, 0.2) is 0 Å². The molecule has 0 rings (SSSR count). The first kappa shape index (κ1) is 10.3. The average molecular weight is 154 g/mol. The standard InChI is InChI=1S/C10H18O/c1-8(2)7-9(3)11-10(4,5)6/h1,3,7H2,2,4-6H3. The van der Waals surface area contributed by atoms with Gasteiger partial charge in [0, 0.05) is 6.42 Å². The Morgan fingerprint density at radius 1 is 1.27 bits per heavy atom. The van der Waals surface area contributed by atoms with E-state index in [4.69, 9.17) is 4.74 Å². The summed E-state index contributed by atoms with van der Waals surface area (Å²) in [6, 6.07) is 0. The lowest BCUT2D eigenvalue weighted by Crippen LogP contribution is -2.18. The Bertz CT molecular complexity index is 160. The first-order valence-electron chi connectivity index (χ1n) is 3.82. The highest BCUT2D eigenvalue weighted by atomic mass is 16.5. The smallest absolute Gasteiger partial charge is 0.100 e. The third-order valence-electron chi connectivity index (χ3n) is 0.949. The van der Waals surface area contributed by atoms with Crippen LogP contribution in [0.4, 0.5) is 0 Å². The van der Waals surface area contributed by atoms with E-state index < -0.39 is 0 Å². The summed E-state index contributed by atoms with van der Waals surface area (Å²) >= 11 is 0. The van der Waals surface area contributed by atoms with Gasteiger partial charge in [-0.1, -0.05) is 18.7 Å². The molecule has 0 unspecified atom stereocenters. The zero-order chi connectivity index (χ0) is 9.07. The molecule has 0 saturated heterocycles. The quantitative estimate of drug-likeness (QED) is 0.447. The summed E-state index contributed by atoms with van der Waals surface area (Å²) in [4.78, 5) is 0. The van der Waals surface area contributed by atoms with Crippen LogP contribution < -0.4 is 0 Å².